The number of amides is 1. The van der Waals surface area contributed by atoms with Crippen LogP contribution >= 0.6 is 22.9 Å². The molecule has 0 radical (unpaired) electrons. The SMILES string of the molecule is COc1ccc(/C=C/C(=O)N2CCC(Oc3nc4c(Cl)cccc4s3)CC2)cc1OC. The van der Waals surface area contributed by atoms with Gasteiger partial charge in [-0.25, -0.2) is 4.98 Å². The van der Waals surface area contributed by atoms with Gasteiger partial charge < -0.3 is 19.1 Å². The second kappa shape index (κ2) is 9.58. The number of carbonyl (C=O) groups is 1. The van der Waals surface area contributed by atoms with Gasteiger partial charge >= 0.3 is 0 Å². The Labute approximate surface area is 190 Å². The molecular formula is C23H23ClN2O4S. The molecule has 0 saturated carbocycles. The van der Waals surface area contributed by atoms with Crippen molar-refractivity contribution in [1.29, 1.82) is 0 Å². The monoisotopic (exact) mass is 458 g/mol. The summed E-state index contributed by atoms with van der Waals surface area (Å²) in [5, 5.41) is 1.26. The first-order chi connectivity index (χ1) is 15.1. The molecule has 1 amide bonds. The zero-order chi connectivity index (χ0) is 21.8. The highest BCUT2D eigenvalue weighted by Gasteiger charge is 2.24. The lowest BCUT2D eigenvalue weighted by molar-refractivity contribution is -0.127. The lowest BCUT2D eigenvalue weighted by Gasteiger charge is -2.30. The number of piperidine rings is 1. The van der Waals surface area contributed by atoms with E-state index in [1.165, 1.54) is 11.3 Å². The molecule has 1 fully saturated rings. The average Bonchev–Trinajstić information content (AvgIpc) is 3.21. The average molecular weight is 459 g/mol. The molecule has 1 aliphatic rings. The Bertz CT molecular complexity index is 1110. The number of rotatable bonds is 6. The lowest BCUT2D eigenvalue weighted by atomic mass is 10.1. The molecule has 0 spiro atoms. The fraction of sp³-hybridized carbons (Fsp3) is 0.304. The summed E-state index contributed by atoms with van der Waals surface area (Å²) in [6.45, 7) is 1.29. The van der Waals surface area contributed by atoms with Crippen molar-refractivity contribution in [1.82, 2.24) is 9.88 Å². The largest absolute Gasteiger partial charge is 0.493 e. The minimum Gasteiger partial charge on any atom is -0.493 e. The molecular weight excluding hydrogens is 436 g/mol. The summed E-state index contributed by atoms with van der Waals surface area (Å²) in [6, 6.07) is 11.3. The fourth-order valence-corrected chi connectivity index (χ4v) is 4.69. The van der Waals surface area contributed by atoms with Crippen LogP contribution in [0, 0.1) is 0 Å². The summed E-state index contributed by atoms with van der Waals surface area (Å²) in [6.07, 6.45) is 4.95. The number of thiazole rings is 1. The van der Waals surface area contributed by atoms with Crippen molar-refractivity contribution in [3.63, 3.8) is 0 Å². The van der Waals surface area contributed by atoms with E-state index in [4.69, 9.17) is 25.8 Å². The molecule has 3 aromatic rings. The van der Waals surface area contributed by atoms with E-state index in [2.05, 4.69) is 4.98 Å². The van der Waals surface area contributed by atoms with Gasteiger partial charge in [0.1, 0.15) is 11.6 Å². The van der Waals surface area contributed by atoms with Crippen LogP contribution in [0.2, 0.25) is 5.02 Å². The molecule has 8 heteroatoms. The van der Waals surface area contributed by atoms with Crippen LogP contribution in [0.25, 0.3) is 16.3 Å². The van der Waals surface area contributed by atoms with Crippen molar-refractivity contribution >= 4 is 45.1 Å². The number of hydrogen-bond donors (Lipinski definition) is 0. The number of hydrogen-bond acceptors (Lipinski definition) is 6. The van der Waals surface area contributed by atoms with Crippen molar-refractivity contribution in [2.75, 3.05) is 27.3 Å². The molecule has 4 rings (SSSR count). The predicted octanol–water partition coefficient (Wildman–Crippen LogP) is 5.05. The zero-order valence-electron chi connectivity index (χ0n) is 17.3. The van der Waals surface area contributed by atoms with Gasteiger partial charge in [-0.3, -0.25) is 4.79 Å². The zero-order valence-corrected chi connectivity index (χ0v) is 18.9. The summed E-state index contributed by atoms with van der Waals surface area (Å²) in [5.41, 5.74) is 1.65. The van der Waals surface area contributed by atoms with Gasteiger partial charge in [0.25, 0.3) is 5.19 Å². The molecule has 6 nitrogen and oxygen atoms in total. The van der Waals surface area contributed by atoms with E-state index in [0.29, 0.717) is 34.8 Å². The van der Waals surface area contributed by atoms with E-state index in [-0.39, 0.29) is 12.0 Å². The summed E-state index contributed by atoms with van der Waals surface area (Å²) < 4.78 is 17.6. The lowest BCUT2D eigenvalue weighted by Crippen LogP contribution is -2.41. The molecule has 0 aliphatic carbocycles. The maximum Gasteiger partial charge on any atom is 0.274 e. The highest BCUT2D eigenvalue weighted by molar-refractivity contribution is 7.20. The van der Waals surface area contributed by atoms with Crippen LogP contribution in [-0.4, -0.2) is 49.2 Å². The van der Waals surface area contributed by atoms with Crippen LogP contribution in [-0.2, 0) is 4.79 Å². The van der Waals surface area contributed by atoms with Crippen LogP contribution in [0.3, 0.4) is 0 Å². The topological polar surface area (TPSA) is 60.9 Å². The number of carbonyl (C=O) groups excluding carboxylic acids is 1. The molecule has 2 heterocycles. The van der Waals surface area contributed by atoms with Crippen molar-refractivity contribution in [3.8, 4) is 16.7 Å². The molecule has 0 unspecified atom stereocenters. The molecule has 2 aromatic carbocycles. The Hall–Kier alpha value is -2.77. The van der Waals surface area contributed by atoms with E-state index in [1.54, 1.807) is 26.4 Å². The van der Waals surface area contributed by atoms with Crippen LogP contribution in [0.1, 0.15) is 18.4 Å². The number of nitrogens with zero attached hydrogens (tertiary/aromatic N) is 2. The third-order valence-corrected chi connectivity index (χ3v) is 6.41. The number of halogens is 1. The first-order valence-corrected chi connectivity index (χ1v) is 11.2. The standard InChI is InChI=1S/C23H23ClN2O4S/c1-28-18-8-6-15(14-19(18)29-2)7-9-21(27)26-12-10-16(11-13-26)30-23-25-22-17(24)4-3-5-20(22)31-23/h3-9,14,16H,10-13H2,1-2H3/b9-7+. The van der Waals surface area contributed by atoms with Crippen LogP contribution in [0.5, 0.6) is 16.7 Å². The minimum absolute atomic E-state index is 0.0139. The number of methoxy groups -OCH3 is 2. The number of aromatic nitrogens is 1. The van der Waals surface area contributed by atoms with Gasteiger partial charge in [-0.1, -0.05) is 35.1 Å². The normalized spacial score (nSPS) is 14.9. The molecule has 1 aliphatic heterocycles. The summed E-state index contributed by atoms with van der Waals surface area (Å²) in [4.78, 5) is 18.9. The van der Waals surface area contributed by atoms with Gasteiger partial charge in [0.2, 0.25) is 5.91 Å². The number of benzene rings is 2. The first kappa shape index (κ1) is 21.5. The summed E-state index contributed by atoms with van der Waals surface area (Å²) in [5.74, 6) is 1.27. The Kier molecular flexibility index (Phi) is 6.63. The Morgan fingerprint density at radius 3 is 2.65 bits per heavy atom. The summed E-state index contributed by atoms with van der Waals surface area (Å²) in [7, 11) is 3.18. The van der Waals surface area contributed by atoms with Gasteiger partial charge in [0.05, 0.1) is 23.9 Å². The van der Waals surface area contributed by atoms with Crippen molar-refractivity contribution < 1.29 is 19.0 Å². The molecule has 1 aromatic heterocycles. The second-order valence-electron chi connectivity index (χ2n) is 7.16. The van der Waals surface area contributed by atoms with Gasteiger partial charge in [-0.2, -0.15) is 0 Å². The Morgan fingerprint density at radius 1 is 1.16 bits per heavy atom. The Balaban J connectivity index is 1.32. The van der Waals surface area contributed by atoms with Gasteiger partial charge in [-0.15, -0.1) is 0 Å². The van der Waals surface area contributed by atoms with Gasteiger partial charge in [-0.05, 0) is 35.9 Å². The third kappa shape index (κ3) is 4.94. The molecule has 162 valence electrons. The molecule has 0 bridgehead atoms. The number of ether oxygens (including phenoxy) is 3. The first-order valence-electron chi connectivity index (χ1n) is 9.98. The number of fused-ring (bicyclic) bond motifs is 1. The number of likely N-dealkylation sites (tertiary alicyclic amines) is 1. The van der Waals surface area contributed by atoms with Crippen molar-refractivity contribution in [3.05, 3.63) is 53.1 Å². The molecule has 1 saturated heterocycles. The van der Waals surface area contributed by atoms with Crippen molar-refractivity contribution in [2.24, 2.45) is 0 Å². The summed E-state index contributed by atoms with van der Waals surface area (Å²) >= 11 is 7.69. The van der Waals surface area contributed by atoms with E-state index < -0.39 is 0 Å². The molecule has 31 heavy (non-hydrogen) atoms. The molecule has 0 atom stereocenters. The Morgan fingerprint density at radius 2 is 1.94 bits per heavy atom. The maximum absolute atomic E-state index is 12.6. The van der Waals surface area contributed by atoms with Gasteiger partial charge in [0, 0.05) is 32.0 Å². The smallest absolute Gasteiger partial charge is 0.274 e. The van der Waals surface area contributed by atoms with E-state index in [9.17, 15) is 4.79 Å². The highest BCUT2D eigenvalue weighted by Crippen LogP contribution is 2.33. The maximum atomic E-state index is 12.6. The van der Waals surface area contributed by atoms with E-state index in [1.807, 2.05) is 41.3 Å². The van der Waals surface area contributed by atoms with Crippen molar-refractivity contribution in [2.45, 2.75) is 18.9 Å². The fourth-order valence-electron chi connectivity index (χ4n) is 3.51. The van der Waals surface area contributed by atoms with E-state index >= 15 is 0 Å². The molecule has 0 N–H and O–H groups in total. The third-order valence-electron chi connectivity index (χ3n) is 5.20. The van der Waals surface area contributed by atoms with Gasteiger partial charge in [0.15, 0.2) is 11.5 Å². The minimum atomic E-state index is -0.0139. The quantitative estimate of drug-likeness (QED) is 0.484. The van der Waals surface area contributed by atoms with Crippen LogP contribution in [0.4, 0.5) is 0 Å². The predicted molar refractivity (Wildman–Crippen MR) is 123 cm³/mol. The van der Waals surface area contributed by atoms with E-state index in [0.717, 1.165) is 28.6 Å². The number of para-hydroxylation sites is 1. The second-order valence-corrected chi connectivity index (χ2v) is 8.56. The highest BCUT2D eigenvalue weighted by atomic mass is 35.5. The van der Waals surface area contributed by atoms with Crippen LogP contribution < -0.4 is 14.2 Å². The van der Waals surface area contributed by atoms with Crippen LogP contribution in [0.15, 0.2) is 42.5 Å².